The number of hydrogen-bond donors (Lipinski definition) is 1. The van der Waals surface area contributed by atoms with Crippen LogP contribution in [-0.2, 0) is 35.3 Å². The van der Waals surface area contributed by atoms with Gasteiger partial charge < -0.3 is 10.1 Å². The van der Waals surface area contributed by atoms with Gasteiger partial charge in [0.2, 0.25) is 0 Å². The number of fused-ring (bicyclic) bond motifs is 3. The van der Waals surface area contributed by atoms with Crippen molar-refractivity contribution in [3.8, 4) is 11.3 Å². The maximum absolute atomic E-state index is 12.7. The van der Waals surface area contributed by atoms with Crippen LogP contribution in [0.1, 0.15) is 40.0 Å². The number of benzene rings is 1. The summed E-state index contributed by atoms with van der Waals surface area (Å²) in [6.45, 7) is 1.72. The summed E-state index contributed by atoms with van der Waals surface area (Å²) in [5.41, 5.74) is 3.87. The standard InChI is InChI=1S/C25H25F3N4O3/c26-25(27,28)24(34)35-23(33)22-20-10-9-18-16-30-14-11-19(18)21(20)31-32(22)15-5-13-29-12-4-8-17-6-2-1-3-7-17/h1-3,6-7,11,14,16,29H,4-5,8-10,12-13,15H2. The number of nitrogens with zero attached hydrogens (tertiary/aromatic N) is 3. The first-order chi connectivity index (χ1) is 16.8. The lowest BCUT2D eigenvalue weighted by molar-refractivity contribution is -0.193. The number of nitrogens with one attached hydrogen (secondary N) is 1. The quantitative estimate of drug-likeness (QED) is 0.281. The third-order valence-corrected chi connectivity index (χ3v) is 5.85. The summed E-state index contributed by atoms with van der Waals surface area (Å²) >= 11 is 0. The number of hydrogen-bond acceptors (Lipinski definition) is 6. The van der Waals surface area contributed by atoms with Crippen LogP contribution in [0.25, 0.3) is 11.3 Å². The number of ether oxygens (including phenoxy) is 1. The van der Waals surface area contributed by atoms with Crippen LogP contribution in [0.4, 0.5) is 13.2 Å². The molecule has 0 unspecified atom stereocenters. The maximum atomic E-state index is 12.7. The molecule has 0 saturated carbocycles. The van der Waals surface area contributed by atoms with Crippen LogP contribution in [0.5, 0.6) is 0 Å². The van der Waals surface area contributed by atoms with Crippen molar-refractivity contribution in [2.75, 3.05) is 13.1 Å². The van der Waals surface area contributed by atoms with E-state index in [0.29, 0.717) is 37.1 Å². The average Bonchev–Trinajstić information content (AvgIpc) is 3.22. The van der Waals surface area contributed by atoms with Gasteiger partial charge in [-0.1, -0.05) is 30.3 Å². The molecule has 35 heavy (non-hydrogen) atoms. The molecule has 10 heteroatoms. The van der Waals surface area contributed by atoms with Crippen molar-refractivity contribution in [1.82, 2.24) is 20.1 Å². The zero-order valence-electron chi connectivity index (χ0n) is 19.0. The van der Waals surface area contributed by atoms with Gasteiger partial charge in [-0.3, -0.25) is 9.67 Å². The Morgan fingerprint density at radius 3 is 2.60 bits per heavy atom. The molecular formula is C25H25F3N4O3. The van der Waals surface area contributed by atoms with Gasteiger partial charge in [0.15, 0.2) is 5.69 Å². The molecule has 1 aliphatic rings. The van der Waals surface area contributed by atoms with Crippen LogP contribution in [0.3, 0.4) is 0 Å². The highest BCUT2D eigenvalue weighted by Gasteiger charge is 2.43. The fourth-order valence-electron chi connectivity index (χ4n) is 4.19. The lowest BCUT2D eigenvalue weighted by Gasteiger charge is -2.15. The summed E-state index contributed by atoms with van der Waals surface area (Å²) in [6, 6.07) is 11.9. The number of aryl methyl sites for hydroxylation is 3. The molecule has 2 aromatic heterocycles. The van der Waals surface area contributed by atoms with Crippen LogP contribution < -0.4 is 5.32 Å². The minimum absolute atomic E-state index is 0.107. The zero-order chi connectivity index (χ0) is 24.8. The first-order valence-corrected chi connectivity index (χ1v) is 11.5. The molecule has 0 saturated heterocycles. The minimum Gasteiger partial charge on any atom is -0.381 e. The van der Waals surface area contributed by atoms with Crippen LogP contribution in [-0.4, -0.2) is 46.0 Å². The van der Waals surface area contributed by atoms with E-state index in [0.717, 1.165) is 30.5 Å². The lowest BCUT2D eigenvalue weighted by atomic mass is 9.90. The highest BCUT2D eigenvalue weighted by atomic mass is 19.4. The van der Waals surface area contributed by atoms with Gasteiger partial charge in [-0.25, -0.2) is 9.59 Å². The molecule has 0 amide bonds. The molecule has 0 aliphatic heterocycles. The van der Waals surface area contributed by atoms with Gasteiger partial charge in [0.1, 0.15) is 0 Å². The minimum atomic E-state index is -5.26. The van der Waals surface area contributed by atoms with Gasteiger partial charge in [0, 0.05) is 30.1 Å². The Balaban J connectivity index is 1.42. The van der Waals surface area contributed by atoms with Gasteiger partial charge in [0.25, 0.3) is 0 Å². The topological polar surface area (TPSA) is 86.1 Å². The van der Waals surface area contributed by atoms with E-state index in [4.69, 9.17) is 0 Å². The molecule has 0 spiro atoms. The number of carbonyl (C=O) groups excluding carboxylic acids is 2. The van der Waals surface area contributed by atoms with Crippen molar-refractivity contribution in [2.45, 2.75) is 44.8 Å². The smallest absolute Gasteiger partial charge is 0.381 e. The Morgan fingerprint density at radius 2 is 1.83 bits per heavy atom. The van der Waals surface area contributed by atoms with Gasteiger partial charge >= 0.3 is 18.1 Å². The lowest BCUT2D eigenvalue weighted by Crippen LogP contribution is -2.29. The Kier molecular flexibility index (Phi) is 7.60. The van der Waals surface area contributed by atoms with Crippen molar-refractivity contribution in [1.29, 1.82) is 0 Å². The Morgan fingerprint density at radius 1 is 1.06 bits per heavy atom. The summed E-state index contributed by atoms with van der Waals surface area (Å²) < 4.78 is 43.6. The van der Waals surface area contributed by atoms with Gasteiger partial charge in [-0.2, -0.15) is 18.3 Å². The largest absolute Gasteiger partial charge is 0.491 e. The number of aromatic nitrogens is 3. The fourth-order valence-corrected chi connectivity index (χ4v) is 4.19. The number of halogens is 3. The highest BCUT2D eigenvalue weighted by Crippen LogP contribution is 2.34. The van der Waals surface area contributed by atoms with E-state index < -0.39 is 18.1 Å². The number of esters is 2. The third kappa shape index (κ3) is 5.94. The van der Waals surface area contributed by atoms with Crippen molar-refractivity contribution < 1.29 is 27.5 Å². The molecule has 184 valence electrons. The third-order valence-electron chi connectivity index (χ3n) is 5.85. The van der Waals surface area contributed by atoms with E-state index in [-0.39, 0.29) is 12.2 Å². The maximum Gasteiger partial charge on any atom is 0.491 e. The van der Waals surface area contributed by atoms with E-state index in [1.165, 1.54) is 10.2 Å². The molecule has 7 nitrogen and oxygen atoms in total. The van der Waals surface area contributed by atoms with Gasteiger partial charge in [0.05, 0.1) is 5.69 Å². The normalized spacial score (nSPS) is 12.7. The average molecular weight is 486 g/mol. The SMILES string of the molecule is O=C(OC(=O)C(F)(F)F)c1c2c(nn1CCCNCCCc1ccccc1)-c1ccncc1CC2. The molecular weight excluding hydrogens is 461 g/mol. The summed E-state index contributed by atoms with van der Waals surface area (Å²) in [6.07, 6.45) is 1.48. The van der Waals surface area contributed by atoms with Crippen LogP contribution >= 0.6 is 0 Å². The summed E-state index contributed by atoms with van der Waals surface area (Å²) in [4.78, 5) is 28.0. The van der Waals surface area contributed by atoms with Crippen LogP contribution in [0, 0.1) is 0 Å². The van der Waals surface area contributed by atoms with Gasteiger partial charge in [-0.05, 0) is 62.4 Å². The Bertz CT molecular complexity index is 1190. The number of rotatable bonds is 9. The molecule has 1 N–H and O–H groups in total. The summed E-state index contributed by atoms with van der Waals surface area (Å²) in [5, 5.41) is 7.86. The molecule has 0 atom stereocenters. The van der Waals surface area contributed by atoms with Crippen LogP contribution in [0.15, 0.2) is 48.8 Å². The molecule has 0 bridgehead atoms. The number of alkyl halides is 3. The summed E-state index contributed by atoms with van der Waals surface area (Å²) in [5.74, 6) is -3.88. The first kappa shape index (κ1) is 24.6. The van der Waals surface area contributed by atoms with E-state index in [1.807, 2.05) is 18.2 Å². The predicted octanol–water partition coefficient (Wildman–Crippen LogP) is 3.90. The number of pyridine rings is 1. The highest BCUT2D eigenvalue weighted by molar-refractivity contribution is 5.99. The second kappa shape index (κ2) is 10.8. The Labute approximate surface area is 200 Å². The number of carbonyl (C=O) groups is 2. The molecule has 1 aromatic carbocycles. The van der Waals surface area contributed by atoms with E-state index >= 15 is 0 Å². The van der Waals surface area contributed by atoms with E-state index in [1.54, 1.807) is 18.5 Å². The van der Waals surface area contributed by atoms with Crippen molar-refractivity contribution in [2.24, 2.45) is 0 Å². The second-order valence-corrected chi connectivity index (χ2v) is 8.30. The Hall–Kier alpha value is -3.53. The monoisotopic (exact) mass is 486 g/mol. The summed E-state index contributed by atoms with van der Waals surface area (Å²) in [7, 11) is 0. The van der Waals surface area contributed by atoms with Crippen LogP contribution in [0.2, 0.25) is 0 Å². The molecule has 0 fully saturated rings. The van der Waals surface area contributed by atoms with E-state index in [2.05, 4.69) is 32.3 Å². The second-order valence-electron chi connectivity index (χ2n) is 8.30. The molecule has 4 rings (SSSR count). The van der Waals surface area contributed by atoms with Gasteiger partial charge in [-0.15, -0.1) is 0 Å². The first-order valence-electron chi connectivity index (χ1n) is 11.5. The van der Waals surface area contributed by atoms with E-state index in [9.17, 15) is 22.8 Å². The molecule has 0 radical (unpaired) electrons. The van der Waals surface area contributed by atoms with Crippen molar-refractivity contribution >= 4 is 11.9 Å². The van der Waals surface area contributed by atoms with Crippen molar-refractivity contribution in [3.63, 3.8) is 0 Å². The van der Waals surface area contributed by atoms with Crippen molar-refractivity contribution in [3.05, 3.63) is 71.2 Å². The molecule has 3 aromatic rings. The fraction of sp³-hybridized carbons (Fsp3) is 0.360. The molecule has 1 aliphatic carbocycles. The molecule has 2 heterocycles. The predicted molar refractivity (Wildman–Crippen MR) is 122 cm³/mol. The zero-order valence-corrected chi connectivity index (χ0v) is 19.0.